The Hall–Kier alpha value is -2.46. The highest BCUT2D eigenvalue weighted by molar-refractivity contribution is 7.80. The molecule has 4 amide bonds. The molecule has 0 aromatic rings. The number of amides is 4. The average molecular weight is 563 g/mol. The SMILES string of the molecule is COC(=O)CC[C@@H](NC(=O)[C@H](C)NC(=O)[C@@H](C)O[C@@H]1[C@@H](NC(C)=O)[C@H](S)O[C@@H]2COC(C)(C)O[C@@H]12)C(N)=O. The summed E-state index contributed by atoms with van der Waals surface area (Å²) in [6.07, 6.45) is -3.38. The lowest BCUT2D eigenvalue weighted by atomic mass is 9.95. The van der Waals surface area contributed by atoms with Gasteiger partial charge in [0, 0.05) is 13.3 Å². The Morgan fingerprint density at radius 2 is 1.79 bits per heavy atom. The van der Waals surface area contributed by atoms with Crippen molar-refractivity contribution in [2.75, 3.05) is 13.7 Å². The molecular weight excluding hydrogens is 524 g/mol. The second kappa shape index (κ2) is 13.6. The van der Waals surface area contributed by atoms with Crippen molar-refractivity contribution >= 4 is 42.2 Å². The lowest BCUT2D eigenvalue weighted by Gasteiger charge is -2.50. The molecular formula is C23H38N4O10S. The van der Waals surface area contributed by atoms with Gasteiger partial charge < -0.3 is 45.4 Å². The Morgan fingerprint density at radius 3 is 2.37 bits per heavy atom. The van der Waals surface area contributed by atoms with Crippen LogP contribution in [-0.2, 0) is 47.7 Å². The summed E-state index contributed by atoms with van der Waals surface area (Å²) in [4.78, 5) is 60.4. The summed E-state index contributed by atoms with van der Waals surface area (Å²) in [5.41, 5.74) is 4.55. The van der Waals surface area contributed by atoms with Gasteiger partial charge in [0.25, 0.3) is 0 Å². The Balaban J connectivity index is 2.07. The van der Waals surface area contributed by atoms with E-state index in [4.69, 9.17) is 24.7 Å². The van der Waals surface area contributed by atoms with Gasteiger partial charge in [0.05, 0.1) is 19.8 Å². The van der Waals surface area contributed by atoms with Crippen LogP contribution in [-0.4, -0.2) is 97.1 Å². The van der Waals surface area contributed by atoms with Gasteiger partial charge in [0.1, 0.15) is 41.9 Å². The van der Waals surface area contributed by atoms with E-state index in [2.05, 4.69) is 33.3 Å². The fourth-order valence-corrected chi connectivity index (χ4v) is 4.43. The number of ether oxygens (including phenoxy) is 5. The summed E-state index contributed by atoms with van der Waals surface area (Å²) >= 11 is 4.44. The fourth-order valence-electron chi connectivity index (χ4n) is 4.03. The average Bonchev–Trinajstić information content (AvgIpc) is 2.82. The standard InChI is InChI=1S/C23H38N4O10S/c1-10(20(31)27-13(19(24)30)7-8-15(29)33-6)25-21(32)11(2)35-18-16(26-12(3)28)22(38)36-14-9-34-23(4,5)37-17(14)18/h10-11,13-14,16-18,22,38H,7-9H2,1-6H3,(H2,24,30)(H,25,32)(H,26,28)(H,27,31)/t10-,11+,13+,14+,16+,17+,18+,22-/m0/s1. The Morgan fingerprint density at radius 1 is 1.13 bits per heavy atom. The zero-order valence-corrected chi connectivity index (χ0v) is 23.2. The zero-order valence-electron chi connectivity index (χ0n) is 22.3. The first-order valence-electron chi connectivity index (χ1n) is 12.2. The molecule has 0 bridgehead atoms. The van der Waals surface area contributed by atoms with E-state index in [1.165, 1.54) is 27.9 Å². The highest BCUT2D eigenvalue weighted by Gasteiger charge is 2.52. The third-order valence-electron chi connectivity index (χ3n) is 6.06. The lowest BCUT2D eigenvalue weighted by Crippen LogP contribution is -2.68. The van der Waals surface area contributed by atoms with Crippen LogP contribution in [0.15, 0.2) is 0 Å². The van der Waals surface area contributed by atoms with Crippen molar-refractivity contribution in [3.8, 4) is 0 Å². The van der Waals surface area contributed by atoms with E-state index < -0.39 is 77.5 Å². The van der Waals surface area contributed by atoms with E-state index in [1.54, 1.807) is 13.8 Å². The molecule has 8 atom stereocenters. The normalized spacial score (nSPS) is 28.6. The van der Waals surface area contributed by atoms with E-state index in [0.717, 1.165) is 0 Å². The maximum Gasteiger partial charge on any atom is 0.305 e. The molecule has 15 heteroatoms. The zero-order chi connectivity index (χ0) is 28.8. The van der Waals surface area contributed by atoms with Crippen molar-refractivity contribution < 1.29 is 47.7 Å². The number of esters is 1. The minimum atomic E-state index is -1.13. The van der Waals surface area contributed by atoms with Crippen molar-refractivity contribution in [1.29, 1.82) is 0 Å². The Labute approximate surface area is 226 Å². The summed E-state index contributed by atoms with van der Waals surface area (Å²) in [6.45, 7) is 7.87. The predicted octanol–water partition coefficient (Wildman–Crippen LogP) is -1.50. The van der Waals surface area contributed by atoms with Gasteiger partial charge in [-0.1, -0.05) is 0 Å². The van der Waals surface area contributed by atoms with Crippen LogP contribution in [0.5, 0.6) is 0 Å². The quantitative estimate of drug-likeness (QED) is 0.146. The molecule has 0 saturated carbocycles. The fraction of sp³-hybridized carbons (Fsp3) is 0.783. The molecule has 2 rings (SSSR count). The number of nitrogens with one attached hydrogen (secondary N) is 3. The Bertz CT molecular complexity index is 903. The van der Waals surface area contributed by atoms with Crippen LogP contribution in [0.1, 0.15) is 47.5 Å². The molecule has 2 heterocycles. The molecule has 14 nitrogen and oxygen atoms in total. The predicted molar refractivity (Wildman–Crippen MR) is 134 cm³/mol. The van der Waals surface area contributed by atoms with E-state index >= 15 is 0 Å². The minimum absolute atomic E-state index is 0.0598. The second-order valence-corrected chi connectivity index (χ2v) is 10.1. The molecule has 0 aromatic heterocycles. The molecule has 216 valence electrons. The highest BCUT2D eigenvalue weighted by atomic mass is 32.1. The second-order valence-electron chi connectivity index (χ2n) is 9.64. The van der Waals surface area contributed by atoms with E-state index in [1.807, 2.05) is 0 Å². The van der Waals surface area contributed by atoms with Crippen LogP contribution >= 0.6 is 12.6 Å². The van der Waals surface area contributed by atoms with E-state index in [9.17, 15) is 24.0 Å². The first-order valence-corrected chi connectivity index (χ1v) is 12.7. The topological polar surface area (TPSA) is 194 Å². The van der Waals surface area contributed by atoms with Gasteiger partial charge in [-0.3, -0.25) is 24.0 Å². The molecule has 2 saturated heterocycles. The van der Waals surface area contributed by atoms with Crippen molar-refractivity contribution in [2.45, 2.75) is 101 Å². The van der Waals surface area contributed by atoms with Crippen LogP contribution in [0, 0.1) is 0 Å². The number of primary amides is 1. The van der Waals surface area contributed by atoms with E-state index in [0.29, 0.717) is 0 Å². The third-order valence-corrected chi connectivity index (χ3v) is 6.50. The van der Waals surface area contributed by atoms with Gasteiger partial charge in [-0.15, -0.1) is 12.6 Å². The number of hydrogen-bond acceptors (Lipinski definition) is 11. The number of hydrogen-bond donors (Lipinski definition) is 5. The summed E-state index contributed by atoms with van der Waals surface area (Å²) < 4.78 is 28.2. The third kappa shape index (κ3) is 8.80. The van der Waals surface area contributed by atoms with E-state index in [-0.39, 0.29) is 25.4 Å². The number of methoxy groups -OCH3 is 1. The van der Waals surface area contributed by atoms with Crippen molar-refractivity contribution in [3.63, 3.8) is 0 Å². The molecule has 38 heavy (non-hydrogen) atoms. The number of fused-ring (bicyclic) bond motifs is 1. The molecule has 2 aliphatic heterocycles. The summed E-state index contributed by atoms with van der Waals surface area (Å²) in [5, 5.41) is 7.68. The summed E-state index contributed by atoms with van der Waals surface area (Å²) in [6, 6.07) is -2.96. The van der Waals surface area contributed by atoms with Crippen LogP contribution < -0.4 is 21.7 Å². The maximum absolute atomic E-state index is 12.9. The molecule has 2 fully saturated rings. The van der Waals surface area contributed by atoms with Crippen LogP contribution in [0.2, 0.25) is 0 Å². The van der Waals surface area contributed by atoms with Crippen molar-refractivity contribution in [1.82, 2.24) is 16.0 Å². The highest BCUT2D eigenvalue weighted by Crippen LogP contribution is 2.35. The van der Waals surface area contributed by atoms with Gasteiger partial charge in [-0.25, -0.2) is 0 Å². The van der Waals surface area contributed by atoms with Crippen LogP contribution in [0.4, 0.5) is 0 Å². The maximum atomic E-state index is 12.9. The molecule has 5 N–H and O–H groups in total. The summed E-state index contributed by atoms with van der Waals surface area (Å²) in [7, 11) is 1.20. The van der Waals surface area contributed by atoms with Crippen LogP contribution in [0.25, 0.3) is 0 Å². The molecule has 0 unspecified atom stereocenters. The molecule has 2 aliphatic rings. The van der Waals surface area contributed by atoms with Crippen molar-refractivity contribution in [2.24, 2.45) is 5.73 Å². The van der Waals surface area contributed by atoms with Gasteiger partial charge in [-0.05, 0) is 34.1 Å². The minimum Gasteiger partial charge on any atom is -0.469 e. The molecule has 0 radical (unpaired) electrons. The first kappa shape index (κ1) is 31.8. The summed E-state index contributed by atoms with van der Waals surface area (Å²) in [5.74, 6) is -4.04. The largest absolute Gasteiger partial charge is 0.469 e. The number of thiol groups is 1. The van der Waals surface area contributed by atoms with Gasteiger partial charge in [0.2, 0.25) is 23.6 Å². The number of nitrogens with two attached hydrogens (primary N) is 1. The number of rotatable bonds is 11. The molecule has 0 spiro atoms. The Kier molecular flexibility index (Phi) is 11.3. The smallest absolute Gasteiger partial charge is 0.305 e. The number of carbonyl (C=O) groups excluding carboxylic acids is 5. The van der Waals surface area contributed by atoms with Crippen molar-refractivity contribution in [3.05, 3.63) is 0 Å². The molecule has 0 aromatic carbocycles. The molecule has 0 aliphatic carbocycles. The van der Waals surface area contributed by atoms with Crippen LogP contribution in [0.3, 0.4) is 0 Å². The lowest BCUT2D eigenvalue weighted by molar-refractivity contribution is -0.346. The van der Waals surface area contributed by atoms with Gasteiger partial charge >= 0.3 is 5.97 Å². The van der Waals surface area contributed by atoms with Gasteiger partial charge in [0.15, 0.2) is 5.79 Å². The monoisotopic (exact) mass is 562 g/mol. The first-order chi connectivity index (χ1) is 17.6. The number of carbonyl (C=O) groups is 5. The van der Waals surface area contributed by atoms with Gasteiger partial charge in [-0.2, -0.15) is 0 Å².